The van der Waals surface area contributed by atoms with Gasteiger partial charge in [0.15, 0.2) is 0 Å². The van der Waals surface area contributed by atoms with E-state index >= 15 is 0 Å². The minimum absolute atomic E-state index is 0.406. The van der Waals surface area contributed by atoms with Gasteiger partial charge in [-0.1, -0.05) is 30.3 Å². The molecule has 1 aliphatic heterocycles. The molecule has 1 aromatic rings. The molecule has 1 atom stereocenters. The van der Waals surface area contributed by atoms with Crippen molar-refractivity contribution in [3.05, 3.63) is 35.9 Å². The summed E-state index contributed by atoms with van der Waals surface area (Å²) in [6.07, 6.45) is -3.16. The van der Waals surface area contributed by atoms with Crippen molar-refractivity contribution >= 4 is 0 Å². The average Bonchev–Trinajstić information content (AvgIpc) is 2.44. The fourth-order valence-electron chi connectivity index (χ4n) is 2.48. The monoisotopic (exact) mass is 287 g/mol. The third-order valence-electron chi connectivity index (χ3n) is 3.63. The number of rotatable bonds is 5. The van der Waals surface area contributed by atoms with E-state index < -0.39 is 18.6 Å². The van der Waals surface area contributed by atoms with Gasteiger partial charge in [0.2, 0.25) is 0 Å². The molecule has 0 saturated carbocycles. The number of benzene rings is 1. The van der Waals surface area contributed by atoms with Crippen LogP contribution < -0.4 is 5.32 Å². The lowest BCUT2D eigenvalue weighted by molar-refractivity contribution is -0.140. The number of nitrogens with one attached hydrogen (secondary N) is 1. The minimum atomic E-state index is -4.16. The third-order valence-corrected chi connectivity index (χ3v) is 3.63. The SMILES string of the molecule is FC(F)(F)CC(NCC1CCOCC1)c1ccccc1. The van der Waals surface area contributed by atoms with Gasteiger partial charge >= 0.3 is 6.18 Å². The summed E-state index contributed by atoms with van der Waals surface area (Å²) in [5, 5.41) is 3.09. The Balaban J connectivity index is 1.95. The van der Waals surface area contributed by atoms with E-state index in [0.717, 1.165) is 12.8 Å². The van der Waals surface area contributed by atoms with Gasteiger partial charge in [0.1, 0.15) is 0 Å². The minimum Gasteiger partial charge on any atom is -0.381 e. The van der Waals surface area contributed by atoms with Crippen molar-refractivity contribution in [3.8, 4) is 0 Å². The number of alkyl halides is 3. The predicted molar refractivity (Wildman–Crippen MR) is 71.4 cm³/mol. The predicted octanol–water partition coefficient (Wildman–Crippen LogP) is 3.70. The zero-order valence-electron chi connectivity index (χ0n) is 11.3. The summed E-state index contributed by atoms with van der Waals surface area (Å²) in [4.78, 5) is 0. The van der Waals surface area contributed by atoms with Crippen molar-refractivity contribution in [1.29, 1.82) is 0 Å². The Labute approximate surface area is 117 Å². The lowest BCUT2D eigenvalue weighted by Crippen LogP contribution is -2.33. The van der Waals surface area contributed by atoms with Gasteiger partial charge in [-0.2, -0.15) is 13.2 Å². The molecule has 1 saturated heterocycles. The first kappa shape index (κ1) is 15.3. The van der Waals surface area contributed by atoms with Crippen molar-refractivity contribution in [2.75, 3.05) is 19.8 Å². The lowest BCUT2D eigenvalue weighted by Gasteiger charge is -2.26. The van der Waals surface area contributed by atoms with Crippen LogP contribution in [0.3, 0.4) is 0 Å². The van der Waals surface area contributed by atoms with E-state index in [2.05, 4.69) is 5.32 Å². The van der Waals surface area contributed by atoms with Gasteiger partial charge in [0.25, 0.3) is 0 Å². The first-order valence-corrected chi connectivity index (χ1v) is 6.97. The average molecular weight is 287 g/mol. The summed E-state index contributed by atoms with van der Waals surface area (Å²) in [7, 11) is 0. The van der Waals surface area contributed by atoms with Crippen LogP contribution in [0.1, 0.15) is 30.9 Å². The van der Waals surface area contributed by atoms with E-state index in [1.165, 1.54) is 0 Å². The molecule has 1 fully saturated rings. The number of hydrogen-bond acceptors (Lipinski definition) is 2. The maximum atomic E-state index is 12.7. The largest absolute Gasteiger partial charge is 0.390 e. The summed E-state index contributed by atoms with van der Waals surface area (Å²) in [5.41, 5.74) is 0.692. The van der Waals surface area contributed by atoms with Crippen LogP contribution in [0, 0.1) is 5.92 Å². The van der Waals surface area contributed by atoms with Gasteiger partial charge in [-0.15, -0.1) is 0 Å². The smallest absolute Gasteiger partial charge is 0.381 e. The lowest BCUT2D eigenvalue weighted by atomic mass is 9.98. The van der Waals surface area contributed by atoms with Gasteiger partial charge in [0.05, 0.1) is 6.42 Å². The van der Waals surface area contributed by atoms with Gasteiger partial charge in [-0.25, -0.2) is 0 Å². The van der Waals surface area contributed by atoms with E-state index in [4.69, 9.17) is 4.74 Å². The van der Waals surface area contributed by atoms with Crippen molar-refractivity contribution < 1.29 is 17.9 Å². The molecule has 2 rings (SSSR count). The van der Waals surface area contributed by atoms with Crippen LogP contribution in [0.15, 0.2) is 30.3 Å². The van der Waals surface area contributed by atoms with Crippen LogP contribution in [0.5, 0.6) is 0 Å². The Morgan fingerprint density at radius 2 is 1.80 bits per heavy atom. The van der Waals surface area contributed by atoms with Gasteiger partial charge < -0.3 is 10.1 Å². The molecular formula is C15H20F3NO. The molecule has 0 bridgehead atoms. The molecule has 1 heterocycles. The highest BCUT2D eigenvalue weighted by Crippen LogP contribution is 2.29. The summed E-state index contributed by atoms with van der Waals surface area (Å²) in [6, 6.07) is 8.18. The Morgan fingerprint density at radius 3 is 2.40 bits per heavy atom. The fourth-order valence-corrected chi connectivity index (χ4v) is 2.48. The van der Waals surface area contributed by atoms with Crippen LogP contribution >= 0.6 is 0 Å². The second-order valence-electron chi connectivity index (χ2n) is 5.25. The Morgan fingerprint density at radius 1 is 1.15 bits per heavy atom. The highest BCUT2D eigenvalue weighted by molar-refractivity contribution is 5.19. The van der Waals surface area contributed by atoms with Crippen LogP contribution in [-0.4, -0.2) is 25.9 Å². The zero-order chi connectivity index (χ0) is 14.4. The molecule has 20 heavy (non-hydrogen) atoms. The normalized spacial score (nSPS) is 18.9. The van der Waals surface area contributed by atoms with E-state index in [1.54, 1.807) is 24.3 Å². The summed E-state index contributed by atoms with van der Waals surface area (Å²) < 4.78 is 43.4. The van der Waals surface area contributed by atoms with Crippen molar-refractivity contribution in [3.63, 3.8) is 0 Å². The maximum Gasteiger partial charge on any atom is 0.390 e. The first-order valence-electron chi connectivity index (χ1n) is 6.97. The zero-order valence-corrected chi connectivity index (χ0v) is 11.3. The molecule has 1 aliphatic rings. The third kappa shape index (κ3) is 5.13. The fraction of sp³-hybridized carbons (Fsp3) is 0.600. The van der Waals surface area contributed by atoms with Gasteiger partial charge in [-0.05, 0) is 30.9 Å². The van der Waals surface area contributed by atoms with Crippen LogP contribution in [0.4, 0.5) is 13.2 Å². The highest BCUT2D eigenvalue weighted by Gasteiger charge is 2.32. The van der Waals surface area contributed by atoms with Crippen LogP contribution in [-0.2, 0) is 4.74 Å². The molecule has 0 amide bonds. The Hall–Kier alpha value is -1.07. The van der Waals surface area contributed by atoms with Crippen molar-refractivity contribution in [1.82, 2.24) is 5.32 Å². The van der Waals surface area contributed by atoms with E-state index in [0.29, 0.717) is 31.2 Å². The second kappa shape index (κ2) is 7.09. The Kier molecular flexibility index (Phi) is 5.43. The quantitative estimate of drug-likeness (QED) is 0.891. The number of hydrogen-bond donors (Lipinski definition) is 1. The molecule has 1 unspecified atom stereocenters. The highest BCUT2D eigenvalue weighted by atomic mass is 19.4. The van der Waals surface area contributed by atoms with Crippen LogP contribution in [0.25, 0.3) is 0 Å². The molecule has 2 nitrogen and oxygen atoms in total. The maximum absolute atomic E-state index is 12.7. The standard InChI is InChI=1S/C15H20F3NO/c16-15(17,18)10-14(13-4-2-1-3-5-13)19-11-12-6-8-20-9-7-12/h1-5,12,14,19H,6-11H2. The molecule has 0 aliphatic carbocycles. The number of halogens is 3. The molecule has 112 valence electrons. The first-order chi connectivity index (χ1) is 9.54. The Bertz CT molecular complexity index is 388. The molecule has 0 aromatic heterocycles. The van der Waals surface area contributed by atoms with E-state index in [9.17, 15) is 13.2 Å². The summed E-state index contributed by atoms with van der Waals surface area (Å²) >= 11 is 0. The summed E-state index contributed by atoms with van der Waals surface area (Å²) in [5.74, 6) is 0.406. The van der Waals surface area contributed by atoms with Gasteiger partial charge in [0, 0.05) is 19.3 Å². The summed E-state index contributed by atoms with van der Waals surface area (Å²) in [6.45, 7) is 2.03. The van der Waals surface area contributed by atoms with Crippen molar-refractivity contribution in [2.24, 2.45) is 5.92 Å². The number of ether oxygens (including phenoxy) is 1. The second-order valence-corrected chi connectivity index (χ2v) is 5.25. The molecular weight excluding hydrogens is 267 g/mol. The molecule has 1 aromatic carbocycles. The van der Waals surface area contributed by atoms with Gasteiger partial charge in [-0.3, -0.25) is 0 Å². The molecule has 1 N–H and O–H groups in total. The van der Waals surface area contributed by atoms with Crippen LogP contribution in [0.2, 0.25) is 0 Å². The molecule has 0 spiro atoms. The molecule has 5 heteroatoms. The molecule has 0 radical (unpaired) electrons. The van der Waals surface area contributed by atoms with E-state index in [1.807, 2.05) is 6.07 Å². The van der Waals surface area contributed by atoms with E-state index in [-0.39, 0.29) is 0 Å². The topological polar surface area (TPSA) is 21.3 Å². The van der Waals surface area contributed by atoms with Crippen molar-refractivity contribution in [2.45, 2.75) is 31.5 Å².